The Bertz CT molecular complexity index is 300. The molecule has 0 radical (unpaired) electrons. The van der Waals surface area contributed by atoms with E-state index in [0.29, 0.717) is 48.8 Å². The van der Waals surface area contributed by atoms with E-state index in [-0.39, 0.29) is 0 Å². The van der Waals surface area contributed by atoms with Crippen molar-refractivity contribution in [2.75, 3.05) is 46.8 Å². The van der Waals surface area contributed by atoms with Crippen LogP contribution in [-0.4, -0.2) is 56.9 Å². The molecule has 0 N–H and O–H groups in total. The fraction of sp³-hybridized carbons (Fsp3) is 0.778. The maximum absolute atomic E-state index is 5.30. The van der Waals surface area contributed by atoms with Crippen LogP contribution in [0.25, 0.3) is 0 Å². The number of rotatable bonds is 10. The first-order valence-corrected chi connectivity index (χ1v) is 6.70. The van der Waals surface area contributed by atoms with Crippen LogP contribution in [-0.2, 0) is 14.2 Å². The molecule has 0 aromatic carbocycles. The number of nitrogens with zero attached hydrogens (tertiary/aromatic N) is 2. The second kappa shape index (κ2) is 9.72. The van der Waals surface area contributed by atoms with Gasteiger partial charge >= 0.3 is 0 Å². The number of hydrogen-bond acceptors (Lipinski definition) is 7. The van der Waals surface area contributed by atoms with Gasteiger partial charge in [-0.05, 0) is 27.3 Å². The summed E-state index contributed by atoms with van der Waals surface area (Å²) < 4.78 is 21.4. The molecule has 0 aliphatic carbocycles. The van der Waals surface area contributed by atoms with Gasteiger partial charge in [0.25, 0.3) is 5.19 Å². The molecule has 0 aliphatic rings. The zero-order chi connectivity index (χ0) is 12.3. The molecule has 17 heavy (non-hydrogen) atoms. The van der Waals surface area contributed by atoms with Crippen molar-refractivity contribution in [3.63, 3.8) is 0 Å². The summed E-state index contributed by atoms with van der Waals surface area (Å²) in [4.78, 5) is 0. The molecule has 0 fully saturated rings. The highest BCUT2D eigenvalue weighted by Crippen LogP contribution is 2.21. The fourth-order valence-corrected chi connectivity index (χ4v) is 1.85. The van der Waals surface area contributed by atoms with Crippen molar-refractivity contribution in [3.05, 3.63) is 3.92 Å². The molecule has 1 rings (SSSR count). The number of hydrogen-bond donors (Lipinski definition) is 0. The molecule has 0 saturated heterocycles. The summed E-state index contributed by atoms with van der Waals surface area (Å²) in [7, 11) is 1.64. The highest BCUT2D eigenvalue weighted by molar-refractivity contribution is 9.11. The highest BCUT2D eigenvalue weighted by atomic mass is 79.9. The first kappa shape index (κ1) is 14.8. The van der Waals surface area contributed by atoms with Crippen molar-refractivity contribution >= 4 is 27.3 Å². The van der Waals surface area contributed by atoms with E-state index in [1.165, 1.54) is 11.3 Å². The van der Waals surface area contributed by atoms with E-state index in [4.69, 9.17) is 18.9 Å². The first-order valence-electron chi connectivity index (χ1n) is 5.09. The molecule has 1 aromatic heterocycles. The van der Waals surface area contributed by atoms with E-state index >= 15 is 0 Å². The Morgan fingerprint density at radius 1 is 1.00 bits per heavy atom. The predicted molar refractivity (Wildman–Crippen MR) is 66.6 cm³/mol. The van der Waals surface area contributed by atoms with Gasteiger partial charge in [0.15, 0.2) is 3.92 Å². The average molecular weight is 327 g/mol. The molecule has 6 nitrogen and oxygen atoms in total. The van der Waals surface area contributed by atoms with E-state index < -0.39 is 0 Å². The maximum atomic E-state index is 5.30. The predicted octanol–water partition coefficient (Wildman–Crippen LogP) is 1.36. The van der Waals surface area contributed by atoms with Gasteiger partial charge in [-0.1, -0.05) is 5.10 Å². The standard InChI is InChI=1S/C9H15BrN2O4S/c1-13-2-3-14-4-5-15-6-7-16-9-12-11-8(10)17-9/h2-7H2,1H3. The number of aromatic nitrogens is 2. The van der Waals surface area contributed by atoms with Crippen LogP contribution in [0.3, 0.4) is 0 Å². The van der Waals surface area contributed by atoms with Gasteiger partial charge in [0.1, 0.15) is 6.61 Å². The summed E-state index contributed by atoms with van der Waals surface area (Å²) in [5.41, 5.74) is 0. The van der Waals surface area contributed by atoms with Gasteiger partial charge in [-0.25, -0.2) is 0 Å². The quantitative estimate of drug-likeness (QED) is 0.605. The maximum Gasteiger partial charge on any atom is 0.294 e. The lowest BCUT2D eigenvalue weighted by Crippen LogP contribution is -2.12. The van der Waals surface area contributed by atoms with Crippen LogP contribution >= 0.6 is 27.3 Å². The van der Waals surface area contributed by atoms with Crippen molar-refractivity contribution < 1.29 is 18.9 Å². The van der Waals surface area contributed by atoms with Crippen LogP contribution in [0.2, 0.25) is 0 Å². The summed E-state index contributed by atoms with van der Waals surface area (Å²) in [6.45, 7) is 3.27. The van der Waals surface area contributed by atoms with Crippen LogP contribution < -0.4 is 4.74 Å². The molecule has 1 heterocycles. The second-order valence-corrected chi connectivity index (χ2v) is 5.10. The molecule has 0 aliphatic heterocycles. The second-order valence-electron chi connectivity index (χ2n) is 2.89. The van der Waals surface area contributed by atoms with E-state index in [1.54, 1.807) is 7.11 Å². The fourth-order valence-electron chi connectivity index (χ4n) is 0.903. The van der Waals surface area contributed by atoms with Gasteiger partial charge in [-0.3, -0.25) is 0 Å². The van der Waals surface area contributed by atoms with Gasteiger partial charge < -0.3 is 18.9 Å². The van der Waals surface area contributed by atoms with E-state index in [1.807, 2.05) is 0 Å². The zero-order valence-corrected chi connectivity index (χ0v) is 12.0. The minimum absolute atomic E-state index is 0.458. The zero-order valence-electron chi connectivity index (χ0n) is 9.56. The first-order chi connectivity index (χ1) is 8.33. The third kappa shape index (κ3) is 7.61. The van der Waals surface area contributed by atoms with Crippen LogP contribution in [0.15, 0.2) is 3.92 Å². The number of halogens is 1. The number of ether oxygens (including phenoxy) is 4. The van der Waals surface area contributed by atoms with Crippen molar-refractivity contribution in [2.45, 2.75) is 0 Å². The minimum atomic E-state index is 0.458. The Morgan fingerprint density at radius 2 is 1.65 bits per heavy atom. The highest BCUT2D eigenvalue weighted by Gasteiger charge is 2.01. The van der Waals surface area contributed by atoms with E-state index in [0.717, 1.165) is 0 Å². The van der Waals surface area contributed by atoms with Gasteiger partial charge in [0.05, 0.1) is 33.0 Å². The molecule has 0 atom stereocenters. The Hall–Kier alpha value is -0.280. The van der Waals surface area contributed by atoms with Gasteiger partial charge in [-0.15, -0.1) is 5.10 Å². The van der Waals surface area contributed by atoms with Gasteiger partial charge in [0.2, 0.25) is 0 Å². The molecule has 0 bridgehead atoms. The van der Waals surface area contributed by atoms with Gasteiger partial charge in [0, 0.05) is 7.11 Å². The third-order valence-corrected chi connectivity index (χ3v) is 2.91. The van der Waals surface area contributed by atoms with Crippen molar-refractivity contribution in [1.29, 1.82) is 0 Å². The summed E-state index contributed by atoms with van der Waals surface area (Å²) in [5, 5.41) is 8.09. The lowest BCUT2D eigenvalue weighted by Gasteiger charge is -2.05. The monoisotopic (exact) mass is 326 g/mol. The lowest BCUT2D eigenvalue weighted by atomic mass is 10.7. The van der Waals surface area contributed by atoms with E-state index in [9.17, 15) is 0 Å². The molecule has 0 saturated carbocycles. The summed E-state index contributed by atoms with van der Waals surface area (Å²) in [5.74, 6) is 0. The normalized spacial score (nSPS) is 10.7. The van der Waals surface area contributed by atoms with E-state index in [2.05, 4.69) is 26.1 Å². The molecular formula is C9H15BrN2O4S. The Kier molecular flexibility index (Phi) is 8.45. The minimum Gasteiger partial charge on any atom is -0.466 e. The Labute approximate surface area is 112 Å². The molecular weight excluding hydrogens is 312 g/mol. The van der Waals surface area contributed by atoms with Crippen molar-refractivity contribution in [1.82, 2.24) is 10.2 Å². The summed E-state index contributed by atoms with van der Waals surface area (Å²) in [6, 6.07) is 0. The Balaban J connectivity index is 1.84. The summed E-state index contributed by atoms with van der Waals surface area (Å²) in [6.07, 6.45) is 0. The molecule has 98 valence electrons. The number of methoxy groups -OCH3 is 1. The SMILES string of the molecule is COCCOCCOCCOc1nnc(Br)s1. The molecule has 8 heteroatoms. The van der Waals surface area contributed by atoms with Crippen molar-refractivity contribution in [3.8, 4) is 5.19 Å². The summed E-state index contributed by atoms with van der Waals surface area (Å²) >= 11 is 4.55. The molecule has 0 amide bonds. The van der Waals surface area contributed by atoms with Crippen LogP contribution in [0, 0.1) is 0 Å². The average Bonchev–Trinajstić information content (AvgIpc) is 2.73. The molecule has 0 spiro atoms. The van der Waals surface area contributed by atoms with Crippen LogP contribution in [0.5, 0.6) is 5.19 Å². The Morgan fingerprint density at radius 3 is 2.24 bits per heavy atom. The molecule has 1 aromatic rings. The third-order valence-electron chi connectivity index (χ3n) is 1.64. The lowest BCUT2D eigenvalue weighted by molar-refractivity contribution is 0.0179. The largest absolute Gasteiger partial charge is 0.466 e. The smallest absolute Gasteiger partial charge is 0.294 e. The van der Waals surface area contributed by atoms with Gasteiger partial charge in [-0.2, -0.15) is 0 Å². The van der Waals surface area contributed by atoms with Crippen molar-refractivity contribution in [2.24, 2.45) is 0 Å². The van der Waals surface area contributed by atoms with Crippen LogP contribution in [0.4, 0.5) is 0 Å². The topological polar surface area (TPSA) is 62.7 Å². The van der Waals surface area contributed by atoms with Crippen LogP contribution in [0.1, 0.15) is 0 Å². The molecule has 0 unspecified atom stereocenters.